The van der Waals surface area contributed by atoms with Gasteiger partial charge in [0.1, 0.15) is 5.69 Å². The zero-order valence-electron chi connectivity index (χ0n) is 15.1. The summed E-state index contributed by atoms with van der Waals surface area (Å²) in [5, 5.41) is 0. The summed E-state index contributed by atoms with van der Waals surface area (Å²) in [4.78, 5) is 32.8. The lowest BCUT2D eigenvalue weighted by molar-refractivity contribution is -0.149. The highest BCUT2D eigenvalue weighted by Gasteiger charge is 2.29. The number of benzene rings is 1. The molecule has 6 nitrogen and oxygen atoms in total. The Morgan fingerprint density at radius 1 is 1.19 bits per heavy atom. The molecular weight excluding hydrogens is 362 g/mol. The van der Waals surface area contributed by atoms with E-state index in [-0.39, 0.29) is 17.8 Å². The predicted octanol–water partition coefficient (Wildman–Crippen LogP) is 3.48. The van der Waals surface area contributed by atoms with Crippen molar-refractivity contribution >= 4 is 28.2 Å². The molecule has 1 aliphatic heterocycles. The number of carbonyl (C=O) groups excluding carboxylic acids is 2. The maximum Gasteiger partial charge on any atom is 0.309 e. The van der Waals surface area contributed by atoms with Gasteiger partial charge < -0.3 is 9.64 Å². The monoisotopic (exact) mass is 383 g/mol. The summed E-state index contributed by atoms with van der Waals surface area (Å²) in [6.07, 6.45) is 5.08. The minimum Gasteiger partial charge on any atom is -0.466 e. The second-order valence-electron chi connectivity index (χ2n) is 6.60. The highest BCUT2D eigenvalue weighted by Crippen LogP contribution is 2.29. The number of thiazole rings is 1. The van der Waals surface area contributed by atoms with Crippen LogP contribution in [0.15, 0.2) is 42.7 Å². The standard InChI is InChI=1S/C20H21N3O3S/c1-2-26-19(25)15-8-10-22(11-9-15)18(24)16-12-23-13-17(27-20(23)21-16)14-6-4-3-5-7-14/h3-7,12-13,15H,2,8-11H2,1H3. The molecule has 1 amide bonds. The van der Waals surface area contributed by atoms with Gasteiger partial charge in [-0.25, -0.2) is 4.98 Å². The second-order valence-corrected chi connectivity index (χ2v) is 7.61. The molecule has 0 unspecified atom stereocenters. The molecule has 0 bridgehead atoms. The van der Waals surface area contributed by atoms with E-state index in [1.54, 1.807) is 22.4 Å². The molecule has 3 aromatic rings. The molecule has 27 heavy (non-hydrogen) atoms. The number of likely N-dealkylation sites (tertiary alicyclic amines) is 1. The van der Waals surface area contributed by atoms with Crippen molar-refractivity contribution in [2.45, 2.75) is 19.8 Å². The van der Waals surface area contributed by atoms with Crippen molar-refractivity contribution in [2.24, 2.45) is 5.92 Å². The molecule has 2 aromatic heterocycles. The Balaban J connectivity index is 1.44. The molecule has 1 aromatic carbocycles. The quantitative estimate of drug-likeness (QED) is 0.647. The van der Waals surface area contributed by atoms with Gasteiger partial charge in [-0.3, -0.25) is 14.0 Å². The minimum atomic E-state index is -0.152. The number of hydrogen-bond acceptors (Lipinski definition) is 5. The van der Waals surface area contributed by atoms with Gasteiger partial charge in [0, 0.05) is 25.5 Å². The maximum absolute atomic E-state index is 12.8. The van der Waals surface area contributed by atoms with Crippen molar-refractivity contribution in [1.29, 1.82) is 0 Å². The Morgan fingerprint density at radius 3 is 2.59 bits per heavy atom. The fraction of sp³-hybridized carbons (Fsp3) is 0.350. The van der Waals surface area contributed by atoms with Gasteiger partial charge in [0.15, 0.2) is 4.96 Å². The fourth-order valence-electron chi connectivity index (χ4n) is 3.37. The van der Waals surface area contributed by atoms with E-state index in [9.17, 15) is 9.59 Å². The van der Waals surface area contributed by atoms with Gasteiger partial charge in [-0.05, 0) is 25.3 Å². The summed E-state index contributed by atoms with van der Waals surface area (Å²) in [5.74, 6) is -0.331. The van der Waals surface area contributed by atoms with Crippen molar-refractivity contribution in [1.82, 2.24) is 14.3 Å². The van der Waals surface area contributed by atoms with Crippen LogP contribution < -0.4 is 0 Å². The van der Waals surface area contributed by atoms with E-state index < -0.39 is 0 Å². The van der Waals surface area contributed by atoms with E-state index >= 15 is 0 Å². The van der Waals surface area contributed by atoms with Gasteiger partial charge in [-0.1, -0.05) is 41.7 Å². The zero-order valence-corrected chi connectivity index (χ0v) is 15.9. The molecule has 0 radical (unpaired) electrons. The summed E-state index contributed by atoms with van der Waals surface area (Å²) in [7, 11) is 0. The van der Waals surface area contributed by atoms with Crippen LogP contribution in [-0.4, -0.2) is 45.9 Å². The molecule has 0 atom stereocenters. The number of carbonyl (C=O) groups is 2. The SMILES string of the molecule is CCOC(=O)C1CCN(C(=O)c2cn3cc(-c4ccccc4)sc3n2)CC1. The number of aromatic nitrogens is 2. The normalized spacial score (nSPS) is 15.2. The van der Waals surface area contributed by atoms with Crippen LogP contribution in [-0.2, 0) is 9.53 Å². The van der Waals surface area contributed by atoms with E-state index in [1.807, 2.05) is 35.7 Å². The summed E-state index contributed by atoms with van der Waals surface area (Å²) < 4.78 is 6.99. The fourth-order valence-corrected chi connectivity index (χ4v) is 4.35. The Bertz CT molecular complexity index is 924. The number of hydrogen-bond donors (Lipinski definition) is 0. The first-order chi connectivity index (χ1) is 13.2. The molecule has 140 valence electrons. The van der Waals surface area contributed by atoms with Crippen molar-refractivity contribution in [2.75, 3.05) is 19.7 Å². The number of ether oxygens (including phenoxy) is 1. The molecule has 3 heterocycles. The second kappa shape index (κ2) is 7.52. The predicted molar refractivity (Wildman–Crippen MR) is 104 cm³/mol. The van der Waals surface area contributed by atoms with Gasteiger partial charge in [-0.15, -0.1) is 0 Å². The first-order valence-corrected chi connectivity index (χ1v) is 9.97. The van der Waals surface area contributed by atoms with Crippen molar-refractivity contribution in [3.8, 4) is 10.4 Å². The third kappa shape index (κ3) is 3.60. The van der Waals surface area contributed by atoms with Crippen LogP contribution in [0.3, 0.4) is 0 Å². The molecule has 0 spiro atoms. The first kappa shape index (κ1) is 17.7. The molecule has 7 heteroatoms. The summed E-state index contributed by atoms with van der Waals surface area (Å²) in [6.45, 7) is 3.32. The average molecular weight is 383 g/mol. The number of fused-ring (bicyclic) bond motifs is 1. The summed E-state index contributed by atoms with van der Waals surface area (Å²) in [6, 6.07) is 10.1. The van der Waals surface area contributed by atoms with Crippen LogP contribution in [0.25, 0.3) is 15.4 Å². The Labute approximate surface area is 161 Å². The van der Waals surface area contributed by atoms with Crippen LogP contribution in [0.2, 0.25) is 0 Å². The molecule has 0 N–H and O–H groups in total. The van der Waals surface area contributed by atoms with E-state index in [0.717, 1.165) is 15.4 Å². The average Bonchev–Trinajstić information content (AvgIpc) is 3.28. The number of imidazole rings is 1. The first-order valence-electron chi connectivity index (χ1n) is 9.15. The topological polar surface area (TPSA) is 63.9 Å². The molecule has 1 saturated heterocycles. The number of rotatable bonds is 4. The van der Waals surface area contributed by atoms with Crippen LogP contribution in [0.4, 0.5) is 0 Å². The van der Waals surface area contributed by atoms with Crippen LogP contribution in [0, 0.1) is 5.92 Å². The Hall–Kier alpha value is -2.67. The molecular formula is C20H21N3O3S. The lowest BCUT2D eigenvalue weighted by atomic mass is 9.97. The van der Waals surface area contributed by atoms with Crippen LogP contribution >= 0.6 is 11.3 Å². The molecule has 0 saturated carbocycles. The van der Waals surface area contributed by atoms with Gasteiger partial charge >= 0.3 is 5.97 Å². The molecule has 4 rings (SSSR count). The highest BCUT2D eigenvalue weighted by atomic mass is 32.1. The third-order valence-corrected chi connectivity index (χ3v) is 5.88. The van der Waals surface area contributed by atoms with E-state index in [2.05, 4.69) is 17.1 Å². The van der Waals surface area contributed by atoms with E-state index in [1.165, 1.54) is 0 Å². The van der Waals surface area contributed by atoms with E-state index in [0.29, 0.717) is 38.2 Å². The molecule has 1 fully saturated rings. The number of nitrogens with zero attached hydrogens (tertiary/aromatic N) is 3. The smallest absolute Gasteiger partial charge is 0.309 e. The third-order valence-electron chi connectivity index (χ3n) is 4.84. The minimum absolute atomic E-state index is 0.0746. The Morgan fingerprint density at radius 2 is 1.93 bits per heavy atom. The number of esters is 1. The van der Waals surface area contributed by atoms with E-state index in [4.69, 9.17) is 4.74 Å². The Kier molecular flexibility index (Phi) is 4.94. The van der Waals surface area contributed by atoms with Crippen molar-refractivity contribution < 1.29 is 14.3 Å². The van der Waals surface area contributed by atoms with Gasteiger partial charge in [-0.2, -0.15) is 0 Å². The van der Waals surface area contributed by atoms with Crippen LogP contribution in [0.5, 0.6) is 0 Å². The van der Waals surface area contributed by atoms with Crippen molar-refractivity contribution in [3.63, 3.8) is 0 Å². The highest BCUT2D eigenvalue weighted by molar-refractivity contribution is 7.20. The molecule has 0 aliphatic carbocycles. The number of piperidine rings is 1. The van der Waals surface area contributed by atoms with Crippen LogP contribution in [0.1, 0.15) is 30.3 Å². The summed E-state index contributed by atoms with van der Waals surface area (Å²) in [5.41, 5.74) is 1.59. The molecule has 1 aliphatic rings. The zero-order chi connectivity index (χ0) is 18.8. The van der Waals surface area contributed by atoms with Crippen molar-refractivity contribution in [3.05, 3.63) is 48.4 Å². The largest absolute Gasteiger partial charge is 0.466 e. The maximum atomic E-state index is 12.8. The lowest BCUT2D eigenvalue weighted by Crippen LogP contribution is -2.40. The lowest BCUT2D eigenvalue weighted by Gasteiger charge is -2.30. The van der Waals surface area contributed by atoms with Gasteiger partial charge in [0.05, 0.1) is 17.4 Å². The van der Waals surface area contributed by atoms with Gasteiger partial charge in [0.25, 0.3) is 5.91 Å². The number of amides is 1. The van der Waals surface area contributed by atoms with Gasteiger partial charge in [0.2, 0.25) is 0 Å². The summed E-state index contributed by atoms with van der Waals surface area (Å²) >= 11 is 1.56.